The van der Waals surface area contributed by atoms with Crippen LogP contribution in [0.3, 0.4) is 0 Å². The lowest BCUT2D eigenvalue weighted by Crippen LogP contribution is -2.26. The SMILES string of the molecule is COc1nc(NCc2ccccc2)nc(N2c3cccc(S(N)(=O)=O)c3CC2C)n1. The number of hydrogen-bond acceptors (Lipinski definition) is 8. The van der Waals surface area contributed by atoms with Crippen LogP contribution in [-0.2, 0) is 23.0 Å². The number of sulfonamides is 1. The summed E-state index contributed by atoms with van der Waals surface area (Å²) in [6, 6.07) is 15.0. The number of nitrogens with zero attached hydrogens (tertiary/aromatic N) is 4. The molecule has 3 aromatic rings. The van der Waals surface area contributed by atoms with E-state index in [0.717, 1.165) is 5.56 Å². The molecule has 4 rings (SSSR count). The van der Waals surface area contributed by atoms with E-state index in [9.17, 15) is 8.42 Å². The third-order valence-corrected chi connectivity index (χ3v) is 5.90. The van der Waals surface area contributed by atoms with Crippen molar-refractivity contribution < 1.29 is 13.2 Å². The van der Waals surface area contributed by atoms with Crippen molar-refractivity contribution in [2.75, 3.05) is 17.3 Å². The average molecular weight is 427 g/mol. The summed E-state index contributed by atoms with van der Waals surface area (Å²) in [5.41, 5.74) is 2.44. The van der Waals surface area contributed by atoms with E-state index < -0.39 is 10.0 Å². The standard InChI is InChI=1S/C20H22N6O3S/c1-13-11-15-16(9-6-10-17(15)30(21,27)28)26(13)19-23-18(24-20(25-19)29-2)22-12-14-7-4-3-5-8-14/h3-10,13H,11-12H2,1-2H3,(H2,21,27,28)(H,22,23,24,25). The first-order chi connectivity index (χ1) is 14.4. The summed E-state index contributed by atoms with van der Waals surface area (Å²) in [6.45, 7) is 2.51. The number of aromatic nitrogens is 3. The number of hydrogen-bond donors (Lipinski definition) is 2. The van der Waals surface area contributed by atoms with Crippen LogP contribution in [0.1, 0.15) is 18.1 Å². The van der Waals surface area contributed by atoms with Gasteiger partial charge in [-0.1, -0.05) is 36.4 Å². The molecule has 0 amide bonds. The van der Waals surface area contributed by atoms with Crippen LogP contribution >= 0.6 is 0 Å². The maximum absolute atomic E-state index is 12.0. The molecule has 0 bridgehead atoms. The molecule has 156 valence electrons. The molecule has 3 N–H and O–H groups in total. The molecule has 9 nitrogen and oxygen atoms in total. The van der Waals surface area contributed by atoms with Gasteiger partial charge in [-0.3, -0.25) is 0 Å². The van der Waals surface area contributed by atoms with E-state index in [2.05, 4.69) is 20.3 Å². The summed E-state index contributed by atoms with van der Waals surface area (Å²) >= 11 is 0. The Morgan fingerprint density at radius 2 is 1.90 bits per heavy atom. The van der Waals surface area contributed by atoms with Crippen molar-refractivity contribution in [1.29, 1.82) is 0 Å². The Hall–Kier alpha value is -3.24. The number of nitrogens with one attached hydrogen (secondary N) is 1. The van der Waals surface area contributed by atoms with Gasteiger partial charge in [-0.2, -0.15) is 15.0 Å². The second kappa shape index (κ2) is 7.88. The molecule has 10 heteroatoms. The molecule has 2 aromatic carbocycles. The minimum atomic E-state index is -3.83. The fourth-order valence-electron chi connectivity index (χ4n) is 3.58. The molecular weight excluding hydrogens is 404 g/mol. The minimum absolute atomic E-state index is 0.0722. The van der Waals surface area contributed by atoms with Gasteiger partial charge in [0.05, 0.1) is 12.0 Å². The normalized spacial score (nSPS) is 15.7. The molecule has 2 heterocycles. The van der Waals surface area contributed by atoms with Gasteiger partial charge in [0, 0.05) is 18.3 Å². The van der Waals surface area contributed by atoms with E-state index in [1.807, 2.05) is 48.2 Å². The fourth-order valence-corrected chi connectivity index (χ4v) is 4.38. The van der Waals surface area contributed by atoms with Crippen LogP contribution in [0.25, 0.3) is 0 Å². The van der Waals surface area contributed by atoms with E-state index in [-0.39, 0.29) is 16.9 Å². The van der Waals surface area contributed by atoms with Crippen LogP contribution in [0, 0.1) is 0 Å². The molecule has 30 heavy (non-hydrogen) atoms. The van der Waals surface area contributed by atoms with Gasteiger partial charge in [-0.15, -0.1) is 0 Å². The predicted octanol–water partition coefficient (Wildman–Crippen LogP) is 2.22. The van der Waals surface area contributed by atoms with E-state index in [1.54, 1.807) is 6.07 Å². The molecule has 1 aromatic heterocycles. The Balaban J connectivity index is 1.71. The molecule has 0 aliphatic carbocycles. The molecule has 0 radical (unpaired) electrons. The van der Waals surface area contributed by atoms with E-state index >= 15 is 0 Å². The Labute approximate surface area is 175 Å². The van der Waals surface area contributed by atoms with Gasteiger partial charge in [-0.05, 0) is 36.6 Å². The summed E-state index contributed by atoms with van der Waals surface area (Å²) in [7, 11) is -2.35. The van der Waals surface area contributed by atoms with Crippen molar-refractivity contribution in [3.63, 3.8) is 0 Å². The lowest BCUT2D eigenvalue weighted by Gasteiger charge is -2.23. The predicted molar refractivity (Wildman–Crippen MR) is 113 cm³/mol. The molecule has 1 unspecified atom stereocenters. The first-order valence-electron chi connectivity index (χ1n) is 9.38. The summed E-state index contributed by atoms with van der Waals surface area (Å²) in [5.74, 6) is 0.735. The van der Waals surface area contributed by atoms with E-state index in [1.165, 1.54) is 13.2 Å². The van der Waals surface area contributed by atoms with Gasteiger partial charge in [0.25, 0.3) is 0 Å². The Morgan fingerprint density at radius 1 is 1.13 bits per heavy atom. The van der Waals surface area contributed by atoms with Crippen molar-refractivity contribution >= 4 is 27.6 Å². The topological polar surface area (TPSA) is 123 Å². The minimum Gasteiger partial charge on any atom is -0.467 e. The van der Waals surface area contributed by atoms with E-state index in [4.69, 9.17) is 9.88 Å². The van der Waals surface area contributed by atoms with Gasteiger partial charge in [0.1, 0.15) is 0 Å². The van der Waals surface area contributed by atoms with Crippen LogP contribution in [-0.4, -0.2) is 36.5 Å². The highest BCUT2D eigenvalue weighted by Gasteiger charge is 2.33. The summed E-state index contributed by atoms with van der Waals surface area (Å²) in [5, 5.41) is 8.60. The van der Waals surface area contributed by atoms with Gasteiger partial charge >= 0.3 is 6.01 Å². The van der Waals surface area contributed by atoms with Gasteiger partial charge < -0.3 is 15.0 Å². The highest BCUT2D eigenvalue weighted by Crippen LogP contribution is 2.40. The number of rotatable bonds is 6. The van der Waals surface area contributed by atoms with Gasteiger partial charge in [-0.25, -0.2) is 13.6 Å². The van der Waals surface area contributed by atoms with Crippen LogP contribution in [0.4, 0.5) is 17.6 Å². The summed E-state index contributed by atoms with van der Waals surface area (Å²) < 4.78 is 29.3. The van der Waals surface area contributed by atoms with Crippen molar-refractivity contribution in [3.05, 3.63) is 59.7 Å². The zero-order valence-electron chi connectivity index (χ0n) is 16.6. The lowest BCUT2D eigenvalue weighted by molar-refractivity contribution is 0.379. The molecule has 1 aliphatic rings. The quantitative estimate of drug-likeness (QED) is 0.615. The number of ether oxygens (including phenoxy) is 1. The number of benzene rings is 2. The van der Waals surface area contributed by atoms with Crippen LogP contribution in [0.2, 0.25) is 0 Å². The summed E-state index contributed by atoms with van der Waals surface area (Å²) in [6.07, 6.45) is 0.503. The largest absolute Gasteiger partial charge is 0.467 e. The number of primary sulfonamides is 1. The van der Waals surface area contributed by atoms with Gasteiger partial charge in [0.2, 0.25) is 21.9 Å². The number of anilines is 3. The third-order valence-electron chi connectivity index (χ3n) is 4.91. The molecule has 1 aliphatic heterocycles. The van der Waals surface area contributed by atoms with Crippen LogP contribution in [0.15, 0.2) is 53.4 Å². The monoisotopic (exact) mass is 426 g/mol. The maximum atomic E-state index is 12.0. The fraction of sp³-hybridized carbons (Fsp3) is 0.250. The van der Waals surface area contributed by atoms with Crippen molar-refractivity contribution in [1.82, 2.24) is 15.0 Å². The van der Waals surface area contributed by atoms with Crippen LogP contribution in [0.5, 0.6) is 6.01 Å². The first kappa shape index (κ1) is 20.0. The molecule has 1 atom stereocenters. The maximum Gasteiger partial charge on any atom is 0.322 e. The molecule has 0 spiro atoms. The number of nitrogens with two attached hydrogens (primary N) is 1. The molecule has 0 saturated carbocycles. The zero-order chi connectivity index (χ0) is 21.3. The zero-order valence-corrected chi connectivity index (χ0v) is 17.4. The Morgan fingerprint density at radius 3 is 2.60 bits per heavy atom. The lowest BCUT2D eigenvalue weighted by atomic mass is 10.1. The smallest absolute Gasteiger partial charge is 0.322 e. The van der Waals surface area contributed by atoms with Crippen molar-refractivity contribution in [3.8, 4) is 6.01 Å². The number of methoxy groups -OCH3 is 1. The highest BCUT2D eigenvalue weighted by molar-refractivity contribution is 7.89. The summed E-state index contributed by atoms with van der Waals surface area (Å²) in [4.78, 5) is 15.2. The number of fused-ring (bicyclic) bond motifs is 1. The second-order valence-corrected chi connectivity index (χ2v) is 8.54. The Kier molecular flexibility index (Phi) is 5.27. The van der Waals surface area contributed by atoms with Crippen molar-refractivity contribution in [2.45, 2.75) is 30.8 Å². The second-order valence-electron chi connectivity index (χ2n) is 7.01. The molecular formula is C20H22N6O3S. The molecule has 0 fully saturated rings. The van der Waals surface area contributed by atoms with Crippen molar-refractivity contribution in [2.24, 2.45) is 5.14 Å². The third kappa shape index (κ3) is 3.91. The Bertz CT molecular complexity index is 1170. The van der Waals surface area contributed by atoms with Gasteiger partial charge in [0.15, 0.2) is 0 Å². The first-order valence-corrected chi connectivity index (χ1v) is 10.9. The van der Waals surface area contributed by atoms with E-state index in [0.29, 0.717) is 36.1 Å². The average Bonchev–Trinajstić information content (AvgIpc) is 3.07. The highest BCUT2D eigenvalue weighted by atomic mass is 32.2. The van der Waals surface area contributed by atoms with Crippen LogP contribution < -0.4 is 20.1 Å². The molecule has 0 saturated heterocycles.